The minimum atomic E-state index is -0.623. The van der Waals surface area contributed by atoms with Gasteiger partial charge >= 0.3 is 12.1 Å². The van der Waals surface area contributed by atoms with Gasteiger partial charge in [0.1, 0.15) is 5.60 Å². The summed E-state index contributed by atoms with van der Waals surface area (Å²) >= 11 is 0. The number of amides is 2. The maximum Gasteiger partial charge on any atom is 0.410 e. The first-order valence-electron chi connectivity index (χ1n) is 13.0. The van der Waals surface area contributed by atoms with Gasteiger partial charge in [0.15, 0.2) is 0 Å². The first kappa shape index (κ1) is 27.2. The van der Waals surface area contributed by atoms with Crippen LogP contribution in [0.15, 0.2) is 66.7 Å². The number of ether oxygens (including phenoxy) is 2. The van der Waals surface area contributed by atoms with E-state index in [2.05, 4.69) is 24.3 Å². The average molecular weight is 517 g/mol. The molecule has 7 nitrogen and oxygen atoms in total. The molecule has 38 heavy (non-hydrogen) atoms. The molecule has 1 saturated heterocycles. The molecule has 7 heteroatoms. The Kier molecular flexibility index (Phi) is 8.05. The Bertz CT molecular complexity index is 1310. The Morgan fingerprint density at radius 3 is 2.32 bits per heavy atom. The fraction of sp³-hybridized carbons (Fsp3) is 0.387. The van der Waals surface area contributed by atoms with Crippen molar-refractivity contribution in [2.45, 2.75) is 45.8 Å². The maximum atomic E-state index is 13.4. The van der Waals surface area contributed by atoms with Crippen molar-refractivity contribution in [1.29, 1.82) is 0 Å². The fourth-order valence-corrected chi connectivity index (χ4v) is 4.99. The quantitative estimate of drug-likeness (QED) is 0.371. The standard InChI is InChI=1S/C31H36N2O5/c1-21(26-12-8-10-23-9-6-7-11-27(23)26)33(30(36)38-31(2,3)4)20-22-17-18-32(19-22)28(34)24-13-15-25(16-14-24)29(35)37-5/h6-16,21-22H,17-20H2,1-5H3/t21-,22?/m1/s1. The molecule has 3 aromatic carbocycles. The van der Waals surface area contributed by atoms with Crippen LogP contribution in [0, 0.1) is 5.92 Å². The summed E-state index contributed by atoms with van der Waals surface area (Å²) in [5, 5.41) is 2.23. The number of fused-ring (bicyclic) bond motifs is 1. The van der Waals surface area contributed by atoms with E-state index in [4.69, 9.17) is 9.47 Å². The second-order valence-electron chi connectivity index (χ2n) is 10.9. The number of hydrogen-bond donors (Lipinski definition) is 0. The molecule has 4 rings (SSSR count). The highest BCUT2D eigenvalue weighted by Gasteiger charge is 2.34. The number of benzene rings is 3. The largest absolute Gasteiger partial charge is 0.465 e. The number of carbonyl (C=O) groups is 3. The molecule has 2 atom stereocenters. The molecule has 1 unspecified atom stereocenters. The molecule has 0 bridgehead atoms. The predicted molar refractivity (Wildman–Crippen MR) is 147 cm³/mol. The molecule has 0 radical (unpaired) electrons. The summed E-state index contributed by atoms with van der Waals surface area (Å²) < 4.78 is 10.6. The number of esters is 1. The molecule has 1 fully saturated rings. The van der Waals surface area contributed by atoms with E-state index in [-0.39, 0.29) is 24.0 Å². The third-order valence-corrected chi connectivity index (χ3v) is 6.95. The fourth-order valence-electron chi connectivity index (χ4n) is 4.99. The van der Waals surface area contributed by atoms with Gasteiger partial charge in [0.25, 0.3) is 5.91 Å². The summed E-state index contributed by atoms with van der Waals surface area (Å²) in [6.07, 6.45) is 0.425. The van der Waals surface area contributed by atoms with E-state index < -0.39 is 11.6 Å². The van der Waals surface area contributed by atoms with Crippen molar-refractivity contribution in [1.82, 2.24) is 9.80 Å². The van der Waals surface area contributed by atoms with Gasteiger partial charge in [-0.3, -0.25) is 4.79 Å². The summed E-state index contributed by atoms with van der Waals surface area (Å²) in [6, 6.07) is 20.6. The lowest BCUT2D eigenvalue weighted by atomic mass is 9.98. The smallest absolute Gasteiger partial charge is 0.410 e. The van der Waals surface area contributed by atoms with E-state index in [0.717, 1.165) is 22.8 Å². The van der Waals surface area contributed by atoms with Crippen LogP contribution in [0.25, 0.3) is 10.8 Å². The molecule has 0 aliphatic carbocycles. The SMILES string of the molecule is COC(=O)c1ccc(C(=O)N2CCC(CN(C(=O)OC(C)(C)C)[C@H](C)c3cccc4ccccc34)C2)cc1. The molecule has 0 spiro atoms. The lowest BCUT2D eigenvalue weighted by Gasteiger charge is -2.34. The first-order chi connectivity index (χ1) is 18.1. The van der Waals surface area contributed by atoms with E-state index in [1.165, 1.54) is 7.11 Å². The number of methoxy groups -OCH3 is 1. The highest BCUT2D eigenvalue weighted by atomic mass is 16.6. The molecular formula is C31H36N2O5. The van der Waals surface area contributed by atoms with Crippen LogP contribution in [-0.2, 0) is 9.47 Å². The molecule has 1 aliphatic heterocycles. The average Bonchev–Trinajstić information content (AvgIpc) is 3.38. The molecule has 0 N–H and O–H groups in total. The van der Waals surface area contributed by atoms with E-state index in [0.29, 0.717) is 30.8 Å². The zero-order chi connectivity index (χ0) is 27.4. The van der Waals surface area contributed by atoms with Crippen LogP contribution in [0.2, 0.25) is 0 Å². The lowest BCUT2D eigenvalue weighted by molar-refractivity contribution is 0.0141. The molecule has 1 aliphatic rings. The first-order valence-corrected chi connectivity index (χ1v) is 13.0. The van der Waals surface area contributed by atoms with Crippen LogP contribution in [0.4, 0.5) is 4.79 Å². The van der Waals surface area contributed by atoms with E-state index in [1.807, 2.05) is 50.8 Å². The van der Waals surface area contributed by atoms with Crippen molar-refractivity contribution in [3.8, 4) is 0 Å². The van der Waals surface area contributed by atoms with E-state index in [9.17, 15) is 14.4 Å². The maximum absolute atomic E-state index is 13.4. The number of carbonyl (C=O) groups excluding carboxylic acids is 3. The predicted octanol–water partition coefficient (Wildman–Crippen LogP) is 6.09. The summed E-state index contributed by atoms with van der Waals surface area (Å²) in [4.78, 5) is 41.9. The van der Waals surface area contributed by atoms with E-state index in [1.54, 1.807) is 29.2 Å². The molecule has 3 aromatic rings. The summed E-state index contributed by atoms with van der Waals surface area (Å²) in [5.74, 6) is -0.416. The lowest BCUT2D eigenvalue weighted by Crippen LogP contribution is -2.42. The zero-order valence-corrected chi connectivity index (χ0v) is 22.8. The Balaban J connectivity index is 1.52. The van der Waals surface area contributed by atoms with Crippen LogP contribution >= 0.6 is 0 Å². The van der Waals surface area contributed by atoms with Crippen LogP contribution < -0.4 is 0 Å². The minimum Gasteiger partial charge on any atom is -0.465 e. The molecule has 200 valence electrons. The van der Waals surface area contributed by atoms with Crippen LogP contribution in [0.3, 0.4) is 0 Å². The van der Waals surface area contributed by atoms with Crippen LogP contribution in [0.1, 0.15) is 66.4 Å². The Morgan fingerprint density at radius 2 is 1.63 bits per heavy atom. The number of likely N-dealkylation sites (tertiary alicyclic amines) is 1. The van der Waals surface area contributed by atoms with Gasteiger partial charge in [0, 0.05) is 25.2 Å². The molecule has 2 amide bonds. The van der Waals surface area contributed by atoms with Crippen molar-refractivity contribution in [2.75, 3.05) is 26.7 Å². The Hall–Kier alpha value is -3.87. The van der Waals surface area contributed by atoms with Crippen molar-refractivity contribution >= 4 is 28.7 Å². The molecule has 0 aromatic heterocycles. The van der Waals surface area contributed by atoms with E-state index >= 15 is 0 Å². The monoisotopic (exact) mass is 516 g/mol. The molecule has 0 saturated carbocycles. The Labute approximate surface area is 224 Å². The summed E-state index contributed by atoms with van der Waals surface area (Å²) in [5.41, 5.74) is 1.36. The van der Waals surface area contributed by atoms with Gasteiger partial charge in [-0.15, -0.1) is 0 Å². The number of rotatable bonds is 6. The van der Waals surface area contributed by atoms with Crippen molar-refractivity contribution in [3.63, 3.8) is 0 Å². The third kappa shape index (κ3) is 6.15. The molecule has 1 heterocycles. The number of hydrogen-bond acceptors (Lipinski definition) is 5. The minimum absolute atomic E-state index is 0.0881. The second kappa shape index (κ2) is 11.3. The van der Waals surface area contributed by atoms with Gasteiger partial charge in [0.05, 0.1) is 18.7 Å². The third-order valence-electron chi connectivity index (χ3n) is 6.95. The summed E-state index contributed by atoms with van der Waals surface area (Å²) in [7, 11) is 1.33. The van der Waals surface area contributed by atoms with Gasteiger partial charge in [-0.1, -0.05) is 42.5 Å². The zero-order valence-electron chi connectivity index (χ0n) is 22.8. The van der Waals surface area contributed by atoms with Gasteiger partial charge in [-0.2, -0.15) is 0 Å². The van der Waals surface area contributed by atoms with Gasteiger partial charge in [0.2, 0.25) is 0 Å². The normalized spacial score (nSPS) is 16.2. The molecular weight excluding hydrogens is 480 g/mol. The van der Waals surface area contributed by atoms with Crippen molar-refractivity contribution in [3.05, 3.63) is 83.4 Å². The topological polar surface area (TPSA) is 76.2 Å². The summed E-state index contributed by atoms with van der Waals surface area (Å²) in [6.45, 7) is 9.26. The highest BCUT2D eigenvalue weighted by Crippen LogP contribution is 2.31. The van der Waals surface area contributed by atoms with Crippen LogP contribution in [-0.4, -0.2) is 60.1 Å². The highest BCUT2D eigenvalue weighted by molar-refractivity contribution is 5.96. The Morgan fingerprint density at radius 1 is 0.974 bits per heavy atom. The second-order valence-corrected chi connectivity index (χ2v) is 10.9. The number of nitrogens with zero attached hydrogens (tertiary/aromatic N) is 2. The van der Waals surface area contributed by atoms with Crippen LogP contribution in [0.5, 0.6) is 0 Å². The van der Waals surface area contributed by atoms with Crippen molar-refractivity contribution in [2.24, 2.45) is 5.92 Å². The van der Waals surface area contributed by atoms with Gasteiger partial charge in [-0.25, -0.2) is 9.59 Å². The van der Waals surface area contributed by atoms with Gasteiger partial charge in [-0.05, 0) is 80.6 Å². The van der Waals surface area contributed by atoms with Crippen molar-refractivity contribution < 1.29 is 23.9 Å². The van der Waals surface area contributed by atoms with Gasteiger partial charge < -0.3 is 19.3 Å².